The van der Waals surface area contributed by atoms with Gasteiger partial charge in [0.15, 0.2) is 0 Å². The summed E-state index contributed by atoms with van der Waals surface area (Å²) in [6.45, 7) is 0. The molecule has 5 heteroatoms. The van der Waals surface area contributed by atoms with Crippen molar-refractivity contribution in [2.45, 2.75) is 12.5 Å². The molecule has 1 atom stereocenters. The zero-order chi connectivity index (χ0) is 12.3. The maximum Gasteiger partial charge on any atom is 0.321 e. The van der Waals surface area contributed by atoms with Gasteiger partial charge in [-0.25, -0.2) is 4.39 Å². The molecule has 16 heavy (non-hydrogen) atoms. The molecule has 3 nitrogen and oxygen atoms in total. The molecular formula is C11H13ClFNO2. The van der Waals surface area contributed by atoms with Crippen LogP contribution in [0.25, 0.3) is 0 Å². The minimum atomic E-state index is -0.912. The summed E-state index contributed by atoms with van der Waals surface area (Å²) >= 11 is 5.62. The molecule has 0 aliphatic rings. The van der Waals surface area contributed by atoms with Crippen LogP contribution in [0, 0.1) is 5.82 Å². The van der Waals surface area contributed by atoms with Crippen LogP contribution in [-0.4, -0.2) is 36.1 Å². The second kappa shape index (κ2) is 5.27. The standard InChI is InChI=1S/C11H13ClFNO2/c1-14(2)10(11(15)16)6-7-3-4-9(13)8(12)5-7/h3-5,10H,6H2,1-2H3,(H,15,16). The van der Waals surface area contributed by atoms with E-state index >= 15 is 0 Å². The molecule has 0 amide bonds. The first kappa shape index (κ1) is 12.9. The fourth-order valence-electron chi connectivity index (χ4n) is 1.38. The van der Waals surface area contributed by atoms with Crippen molar-refractivity contribution in [1.82, 2.24) is 4.90 Å². The molecule has 0 spiro atoms. The number of carbonyl (C=O) groups is 1. The Morgan fingerprint density at radius 2 is 2.19 bits per heavy atom. The van der Waals surface area contributed by atoms with Gasteiger partial charge in [0, 0.05) is 0 Å². The first-order valence-corrected chi connectivity index (χ1v) is 5.12. The van der Waals surface area contributed by atoms with E-state index in [0.717, 1.165) is 0 Å². The zero-order valence-electron chi connectivity index (χ0n) is 9.08. The number of hydrogen-bond donors (Lipinski definition) is 1. The smallest absolute Gasteiger partial charge is 0.321 e. The van der Waals surface area contributed by atoms with E-state index in [9.17, 15) is 9.18 Å². The molecule has 0 radical (unpaired) electrons. The quantitative estimate of drug-likeness (QED) is 0.883. The Morgan fingerprint density at radius 3 is 2.62 bits per heavy atom. The summed E-state index contributed by atoms with van der Waals surface area (Å²) in [6.07, 6.45) is 0.294. The molecule has 0 aliphatic carbocycles. The normalized spacial score (nSPS) is 12.8. The molecule has 0 fully saturated rings. The maximum absolute atomic E-state index is 12.9. The highest BCUT2D eigenvalue weighted by Crippen LogP contribution is 2.17. The average Bonchev–Trinajstić information content (AvgIpc) is 2.18. The maximum atomic E-state index is 12.9. The Bertz CT molecular complexity index is 396. The Balaban J connectivity index is 2.86. The molecular weight excluding hydrogens is 233 g/mol. The Kier molecular flexibility index (Phi) is 4.26. The van der Waals surface area contributed by atoms with E-state index in [1.807, 2.05) is 0 Å². The second-order valence-corrected chi connectivity index (χ2v) is 4.18. The van der Waals surface area contributed by atoms with Crippen molar-refractivity contribution < 1.29 is 14.3 Å². The number of likely N-dealkylation sites (N-methyl/N-ethyl adjacent to an activating group) is 1. The molecule has 1 N–H and O–H groups in total. The molecule has 0 aromatic heterocycles. The molecule has 0 saturated heterocycles. The third-order valence-electron chi connectivity index (χ3n) is 2.32. The number of rotatable bonds is 4. The van der Waals surface area contributed by atoms with Gasteiger partial charge in [-0.05, 0) is 38.2 Å². The van der Waals surface area contributed by atoms with Gasteiger partial charge in [0.1, 0.15) is 11.9 Å². The van der Waals surface area contributed by atoms with Crippen molar-refractivity contribution in [3.05, 3.63) is 34.6 Å². The van der Waals surface area contributed by atoms with Gasteiger partial charge in [-0.2, -0.15) is 0 Å². The fourth-order valence-corrected chi connectivity index (χ4v) is 1.58. The van der Waals surface area contributed by atoms with E-state index in [1.165, 1.54) is 12.1 Å². The van der Waals surface area contributed by atoms with Gasteiger partial charge in [0.05, 0.1) is 5.02 Å². The van der Waals surface area contributed by atoms with Crippen LogP contribution in [0.3, 0.4) is 0 Å². The summed E-state index contributed by atoms with van der Waals surface area (Å²) in [5.74, 6) is -1.41. The third kappa shape index (κ3) is 3.18. The molecule has 88 valence electrons. The molecule has 0 saturated carbocycles. The Morgan fingerprint density at radius 1 is 1.56 bits per heavy atom. The minimum absolute atomic E-state index is 0.0143. The van der Waals surface area contributed by atoms with E-state index in [0.29, 0.717) is 12.0 Å². The predicted molar refractivity (Wildman–Crippen MR) is 60.2 cm³/mol. The molecule has 0 bridgehead atoms. The van der Waals surface area contributed by atoms with Crippen LogP contribution in [0.15, 0.2) is 18.2 Å². The minimum Gasteiger partial charge on any atom is -0.480 e. The second-order valence-electron chi connectivity index (χ2n) is 3.77. The Hall–Kier alpha value is -1.13. The molecule has 1 aromatic carbocycles. The predicted octanol–water partition coefficient (Wildman–Crippen LogP) is 2.04. The largest absolute Gasteiger partial charge is 0.480 e. The van der Waals surface area contributed by atoms with Crippen molar-refractivity contribution in [2.75, 3.05) is 14.1 Å². The van der Waals surface area contributed by atoms with Gasteiger partial charge < -0.3 is 5.11 Å². The summed E-state index contributed by atoms with van der Waals surface area (Å²) in [6, 6.07) is 3.60. The molecule has 1 rings (SSSR count). The number of halogens is 2. The Labute approximate surface area is 98.4 Å². The van der Waals surface area contributed by atoms with Crippen LogP contribution >= 0.6 is 11.6 Å². The number of benzene rings is 1. The van der Waals surface area contributed by atoms with E-state index in [2.05, 4.69) is 0 Å². The summed E-state index contributed by atoms with van der Waals surface area (Å²) < 4.78 is 12.9. The number of nitrogens with zero attached hydrogens (tertiary/aromatic N) is 1. The van der Waals surface area contributed by atoms with Crippen molar-refractivity contribution in [2.24, 2.45) is 0 Å². The molecule has 0 aliphatic heterocycles. The van der Waals surface area contributed by atoms with Crippen LogP contribution in [0.1, 0.15) is 5.56 Å². The topological polar surface area (TPSA) is 40.5 Å². The first-order valence-electron chi connectivity index (χ1n) is 4.75. The van der Waals surface area contributed by atoms with Gasteiger partial charge in [-0.15, -0.1) is 0 Å². The van der Waals surface area contributed by atoms with Crippen LogP contribution in [0.2, 0.25) is 5.02 Å². The van der Waals surface area contributed by atoms with Gasteiger partial charge in [0.2, 0.25) is 0 Å². The van der Waals surface area contributed by atoms with Gasteiger partial charge in [-0.1, -0.05) is 17.7 Å². The van der Waals surface area contributed by atoms with Crippen molar-refractivity contribution in [3.8, 4) is 0 Å². The lowest BCUT2D eigenvalue weighted by Crippen LogP contribution is -2.37. The van der Waals surface area contributed by atoms with Crippen LogP contribution in [0.5, 0.6) is 0 Å². The number of carboxylic acid groups (broad SMARTS) is 1. The lowest BCUT2D eigenvalue weighted by molar-refractivity contribution is -0.142. The summed E-state index contributed by atoms with van der Waals surface area (Å²) in [7, 11) is 3.37. The van der Waals surface area contributed by atoms with E-state index in [-0.39, 0.29) is 5.02 Å². The monoisotopic (exact) mass is 245 g/mol. The highest BCUT2D eigenvalue weighted by Gasteiger charge is 2.20. The molecule has 1 unspecified atom stereocenters. The van der Waals surface area contributed by atoms with E-state index in [4.69, 9.17) is 16.7 Å². The first-order chi connectivity index (χ1) is 7.41. The lowest BCUT2D eigenvalue weighted by atomic mass is 10.1. The number of carboxylic acids is 1. The van der Waals surface area contributed by atoms with E-state index in [1.54, 1.807) is 25.1 Å². The third-order valence-corrected chi connectivity index (χ3v) is 2.61. The number of hydrogen-bond acceptors (Lipinski definition) is 2. The van der Waals surface area contributed by atoms with Crippen LogP contribution in [0.4, 0.5) is 4.39 Å². The molecule has 1 aromatic rings. The average molecular weight is 246 g/mol. The number of aliphatic carboxylic acids is 1. The summed E-state index contributed by atoms with van der Waals surface area (Å²) in [4.78, 5) is 12.5. The highest BCUT2D eigenvalue weighted by atomic mass is 35.5. The SMILES string of the molecule is CN(C)C(Cc1ccc(F)c(Cl)c1)C(=O)O. The van der Waals surface area contributed by atoms with E-state index < -0.39 is 17.8 Å². The molecule has 0 heterocycles. The van der Waals surface area contributed by atoms with Crippen LogP contribution < -0.4 is 0 Å². The fraction of sp³-hybridized carbons (Fsp3) is 0.364. The van der Waals surface area contributed by atoms with Crippen LogP contribution in [-0.2, 0) is 11.2 Å². The summed E-state index contributed by atoms with van der Waals surface area (Å²) in [5.41, 5.74) is 0.701. The van der Waals surface area contributed by atoms with Gasteiger partial charge in [0.25, 0.3) is 0 Å². The lowest BCUT2D eigenvalue weighted by Gasteiger charge is -2.19. The summed E-state index contributed by atoms with van der Waals surface area (Å²) in [5, 5.41) is 8.99. The van der Waals surface area contributed by atoms with Gasteiger partial charge in [-0.3, -0.25) is 9.69 Å². The zero-order valence-corrected chi connectivity index (χ0v) is 9.83. The highest BCUT2D eigenvalue weighted by molar-refractivity contribution is 6.30. The van der Waals surface area contributed by atoms with Crippen molar-refractivity contribution in [1.29, 1.82) is 0 Å². The van der Waals surface area contributed by atoms with Crippen molar-refractivity contribution in [3.63, 3.8) is 0 Å². The van der Waals surface area contributed by atoms with Crippen molar-refractivity contribution >= 4 is 17.6 Å². The van der Waals surface area contributed by atoms with Gasteiger partial charge >= 0.3 is 5.97 Å².